The molecular formula is C19H30N4O3. The molecule has 0 aliphatic carbocycles. The SMILES string of the molecule is CC(C)c1cc(C(=O)N2CCC(CC(=O)N3CCN(C)CC3)CC2)no1. The number of carbonyl (C=O) groups excluding carboxylic acids is 2. The number of rotatable bonds is 4. The molecule has 26 heavy (non-hydrogen) atoms. The van der Waals surface area contributed by atoms with Crippen LogP contribution < -0.4 is 0 Å². The predicted molar refractivity (Wildman–Crippen MR) is 97.9 cm³/mol. The number of carbonyl (C=O) groups is 2. The van der Waals surface area contributed by atoms with E-state index in [1.807, 2.05) is 23.6 Å². The Bertz CT molecular complexity index is 626. The average molecular weight is 362 g/mol. The van der Waals surface area contributed by atoms with Gasteiger partial charge in [0, 0.05) is 57.7 Å². The van der Waals surface area contributed by atoms with Crippen molar-refractivity contribution in [3.05, 3.63) is 17.5 Å². The predicted octanol–water partition coefficient (Wildman–Crippen LogP) is 1.81. The molecule has 0 N–H and O–H groups in total. The van der Waals surface area contributed by atoms with Gasteiger partial charge in [-0.2, -0.15) is 0 Å². The maximum absolute atomic E-state index is 12.6. The first kappa shape index (κ1) is 18.9. The summed E-state index contributed by atoms with van der Waals surface area (Å²) in [5.41, 5.74) is 0.390. The molecule has 2 aliphatic rings. The van der Waals surface area contributed by atoms with Gasteiger partial charge in [0.25, 0.3) is 5.91 Å². The van der Waals surface area contributed by atoms with Crippen molar-refractivity contribution in [2.75, 3.05) is 46.3 Å². The Morgan fingerprint density at radius 3 is 2.35 bits per heavy atom. The zero-order valence-corrected chi connectivity index (χ0v) is 16.1. The van der Waals surface area contributed by atoms with Gasteiger partial charge >= 0.3 is 0 Å². The molecule has 0 saturated carbocycles. The van der Waals surface area contributed by atoms with Crippen LogP contribution in [0.2, 0.25) is 0 Å². The molecule has 2 saturated heterocycles. The molecule has 7 heteroatoms. The molecule has 0 spiro atoms. The van der Waals surface area contributed by atoms with E-state index in [1.165, 1.54) is 0 Å². The molecule has 3 rings (SSSR count). The lowest BCUT2D eigenvalue weighted by Crippen LogP contribution is -2.48. The molecule has 144 valence electrons. The highest BCUT2D eigenvalue weighted by Crippen LogP contribution is 2.24. The van der Waals surface area contributed by atoms with E-state index in [4.69, 9.17) is 4.52 Å². The average Bonchev–Trinajstić information content (AvgIpc) is 3.13. The van der Waals surface area contributed by atoms with Gasteiger partial charge in [-0.15, -0.1) is 0 Å². The quantitative estimate of drug-likeness (QED) is 0.817. The molecule has 7 nitrogen and oxygen atoms in total. The number of likely N-dealkylation sites (N-methyl/N-ethyl adjacent to an activating group) is 1. The Kier molecular flexibility index (Phi) is 5.96. The van der Waals surface area contributed by atoms with Crippen LogP contribution in [0.1, 0.15) is 55.3 Å². The summed E-state index contributed by atoms with van der Waals surface area (Å²) in [5.74, 6) is 1.52. The number of likely N-dealkylation sites (tertiary alicyclic amines) is 1. The maximum atomic E-state index is 12.6. The Morgan fingerprint density at radius 1 is 1.12 bits per heavy atom. The smallest absolute Gasteiger partial charge is 0.276 e. The van der Waals surface area contributed by atoms with Crippen LogP contribution in [0, 0.1) is 5.92 Å². The van der Waals surface area contributed by atoms with Crippen LogP contribution in [0.4, 0.5) is 0 Å². The number of aromatic nitrogens is 1. The van der Waals surface area contributed by atoms with Crippen LogP contribution in [-0.2, 0) is 4.79 Å². The zero-order valence-electron chi connectivity index (χ0n) is 16.1. The lowest BCUT2D eigenvalue weighted by atomic mass is 9.92. The van der Waals surface area contributed by atoms with Crippen LogP contribution in [0.5, 0.6) is 0 Å². The van der Waals surface area contributed by atoms with E-state index in [1.54, 1.807) is 6.07 Å². The lowest BCUT2D eigenvalue weighted by Gasteiger charge is -2.35. The van der Waals surface area contributed by atoms with E-state index in [-0.39, 0.29) is 17.7 Å². The largest absolute Gasteiger partial charge is 0.360 e. The van der Waals surface area contributed by atoms with E-state index < -0.39 is 0 Å². The third kappa shape index (κ3) is 4.44. The minimum Gasteiger partial charge on any atom is -0.360 e. The van der Waals surface area contributed by atoms with Crippen molar-refractivity contribution in [3.8, 4) is 0 Å². The highest BCUT2D eigenvalue weighted by atomic mass is 16.5. The summed E-state index contributed by atoms with van der Waals surface area (Å²) in [6.07, 6.45) is 2.35. The number of piperazine rings is 1. The minimum absolute atomic E-state index is 0.0653. The van der Waals surface area contributed by atoms with Crippen LogP contribution >= 0.6 is 0 Å². The van der Waals surface area contributed by atoms with Gasteiger partial charge in [-0.05, 0) is 25.8 Å². The second-order valence-corrected chi connectivity index (χ2v) is 7.89. The van der Waals surface area contributed by atoms with E-state index in [0.29, 0.717) is 31.1 Å². The van der Waals surface area contributed by atoms with Crippen LogP contribution in [0.15, 0.2) is 10.6 Å². The molecular weight excluding hydrogens is 332 g/mol. The fourth-order valence-electron chi connectivity index (χ4n) is 3.60. The van der Waals surface area contributed by atoms with E-state index in [0.717, 1.165) is 44.8 Å². The molecule has 0 bridgehead atoms. The Labute approximate surface area is 155 Å². The monoisotopic (exact) mass is 362 g/mol. The van der Waals surface area contributed by atoms with Gasteiger partial charge in [0.15, 0.2) is 5.69 Å². The number of amides is 2. The topological polar surface area (TPSA) is 69.9 Å². The summed E-state index contributed by atoms with van der Waals surface area (Å²) in [6, 6.07) is 1.75. The van der Waals surface area contributed by atoms with Crippen LogP contribution in [-0.4, -0.2) is 78.0 Å². The first-order valence-corrected chi connectivity index (χ1v) is 9.66. The van der Waals surface area contributed by atoms with Crippen LogP contribution in [0.25, 0.3) is 0 Å². The number of hydrogen-bond donors (Lipinski definition) is 0. The van der Waals surface area contributed by atoms with Crippen molar-refractivity contribution in [2.45, 2.75) is 39.0 Å². The number of piperidine rings is 1. The third-order valence-electron chi connectivity index (χ3n) is 5.54. The molecule has 0 unspecified atom stereocenters. The fourth-order valence-corrected chi connectivity index (χ4v) is 3.60. The van der Waals surface area contributed by atoms with Crippen molar-refractivity contribution in [1.29, 1.82) is 0 Å². The van der Waals surface area contributed by atoms with Crippen molar-refractivity contribution in [1.82, 2.24) is 19.9 Å². The van der Waals surface area contributed by atoms with Gasteiger partial charge in [0.1, 0.15) is 5.76 Å². The third-order valence-corrected chi connectivity index (χ3v) is 5.54. The van der Waals surface area contributed by atoms with Crippen molar-refractivity contribution in [2.24, 2.45) is 5.92 Å². The summed E-state index contributed by atoms with van der Waals surface area (Å²) >= 11 is 0. The summed E-state index contributed by atoms with van der Waals surface area (Å²) in [5, 5.41) is 3.92. The first-order valence-electron chi connectivity index (χ1n) is 9.66. The second-order valence-electron chi connectivity index (χ2n) is 7.89. The van der Waals surface area contributed by atoms with E-state index >= 15 is 0 Å². The van der Waals surface area contributed by atoms with E-state index in [9.17, 15) is 9.59 Å². The molecule has 1 aromatic heterocycles. The maximum Gasteiger partial charge on any atom is 0.276 e. The summed E-state index contributed by atoms with van der Waals surface area (Å²) < 4.78 is 5.24. The molecule has 0 radical (unpaired) electrons. The Balaban J connectivity index is 1.46. The van der Waals surface area contributed by atoms with Crippen molar-refractivity contribution < 1.29 is 14.1 Å². The van der Waals surface area contributed by atoms with Gasteiger partial charge < -0.3 is 19.2 Å². The number of nitrogens with zero attached hydrogens (tertiary/aromatic N) is 4. The second kappa shape index (κ2) is 8.20. The lowest BCUT2D eigenvalue weighted by molar-refractivity contribution is -0.134. The van der Waals surface area contributed by atoms with Gasteiger partial charge in [-0.1, -0.05) is 19.0 Å². The van der Waals surface area contributed by atoms with Crippen LogP contribution in [0.3, 0.4) is 0 Å². The summed E-state index contributed by atoms with van der Waals surface area (Å²) in [6.45, 7) is 8.96. The highest BCUT2D eigenvalue weighted by Gasteiger charge is 2.28. The summed E-state index contributed by atoms with van der Waals surface area (Å²) in [7, 11) is 2.09. The summed E-state index contributed by atoms with van der Waals surface area (Å²) in [4.78, 5) is 31.1. The normalized spacial score (nSPS) is 20.0. The minimum atomic E-state index is -0.0653. The highest BCUT2D eigenvalue weighted by molar-refractivity contribution is 5.92. The van der Waals surface area contributed by atoms with Gasteiger partial charge in [-0.3, -0.25) is 9.59 Å². The molecule has 0 atom stereocenters. The fraction of sp³-hybridized carbons (Fsp3) is 0.737. The standard InChI is InChI=1S/C19H30N4O3/c1-14(2)17-13-16(20-26-17)19(25)23-6-4-15(5-7-23)12-18(24)22-10-8-21(3)9-11-22/h13-15H,4-12H2,1-3H3. The molecule has 3 heterocycles. The Morgan fingerprint density at radius 2 is 1.77 bits per heavy atom. The number of hydrogen-bond acceptors (Lipinski definition) is 5. The molecule has 2 amide bonds. The first-order chi connectivity index (χ1) is 12.4. The molecule has 2 fully saturated rings. The van der Waals surface area contributed by atoms with Crippen molar-refractivity contribution >= 4 is 11.8 Å². The van der Waals surface area contributed by atoms with Gasteiger partial charge in [0.05, 0.1) is 0 Å². The zero-order chi connectivity index (χ0) is 18.7. The molecule has 0 aromatic carbocycles. The van der Waals surface area contributed by atoms with E-state index in [2.05, 4.69) is 17.1 Å². The van der Waals surface area contributed by atoms with Crippen molar-refractivity contribution in [3.63, 3.8) is 0 Å². The van der Waals surface area contributed by atoms with Gasteiger partial charge in [-0.25, -0.2) is 0 Å². The Hall–Kier alpha value is -1.89. The molecule has 1 aromatic rings. The molecule has 2 aliphatic heterocycles. The van der Waals surface area contributed by atoms with Gasteiger partial charge in [0.2, 0.25) is 5.91 Å².